The van der Waals surface area contributed by atoms with Gasteiger partial charge in [0, 0.05) is 38.7 Å². The highest BCUT2D eigenvalue weighted by atomic mass is 16.5. The van der Waals surface area contributed by atoms with Crippen LogP contribution in [-0.2, 0) is 17.7 Å². The molecule has 0 bridgehead atoms. The van der Waals surface area contributed by atoms with Gasteiger partial charge in [-0.1, -0.05) is 6.42 Å². The molecule has 0 fully saturated rings. The summed E-state index contributed by atoms with van der Waals surface area (Å²) in [5.41, 5.74) is 9.01. The van der Waals surface area contributed by atoms with Gasteiger partial charge in [-0.2, -0.15) is 0 Å². The lowest BCUT2D eigenvalue weighted by atomic mass is 10.1. The van der Waals surface area contributed by atoms with E-state index in [1.165, 1.54) is 30.4 Å². The molecule has 0 radical (unpaired) electrons. The van der Waals surface area contributed by atoms with E-state index in [1.54, 1.807) is 7.11 Å². The summed E-state index contributed by atoms with van der Waals surface area (Å²) in [7, 11) is 1.75. The van der Waals surface area contributed by atoms with Gasteiger partial charge in [0.2, 0.25) is 0 Å². The van der Waals surface area contributed by atoms with Crippen LogP contribution in [0.5, 0.6) is 0 Å². The predicted octanol–water partition coefficient (Wildman–Crippen LogP) is 2.25. The summed E-state index contributed by atoms with van der Waals surface area (Å²) >= 11 is 0. The zero-order valence-electron chi connectivity index (χ0n) is 10.1. The number of fused-ring (bicyclic) bond motifs is 1. The van der Waals surface area contributed by atoms with E-state index in [9.17, 15) is 0 Å². The second-order valence-electron chi connectivity index (χ2n) is 4.68. The van der Waals surface area contributed by atoms with Crippen molar-refractivity contribution in [3.05, 3.63) is 23.5 Å². The fourth-order valence-corrected chi connectivity index (χ4v) is 2.47. The molecule has 1 atom stereocenters. The molecule has 0 amide bonds. The van der Waals surface area contributed by atoms with Gasteiger partial charge in [-0.05, 0) is 36.8 Å². The lowest BCUT2D eigenvalue weighted by Crippen LogP contribution is -2.09. The predicted molar refractivity (Wildman–Crippen MR) is 65.4 cm³/mol. The Labute approximate surface area is 97.6 Å². The highest BCUT2D eigenvalue weighted by Crippen LogP contribution is 2.27. The lowest BCUT2D eigenvalue weighted by molar-refractivity contribution is 0.190. The maximum Gasteiger partial charge on any atom is 0.0479 e. The molecule has 0 saturated carbocycles. The summed E-state index contributed by atoms with van der Waals surface area (Å²) in [6.45, 7) is 1.86. The Bertz CT molecular complexity index is 333. The number of hydrogen-bond acceptors (Lipinski definition) is 2. The molecule has 0 spiro atoms. The summed E-state index contributed by atoms with van der Waals surface area (Å²) in [5, 5.41) is 0. The van der Waals surface area contributed by atoms with Gasteiger partial charge in [0.15, 0.2) is 0 Å². The van der Waals surface area contributed by atoms with Crippen LogP contribution < -0.4 is 5.73 Å². The van der Waals surface area contributed by atoms with E-state index >= 15 is 0 Å². The number of hydrogen-bond donors (Lipinski definition) is 1. The Kier molecular flexibility index (Phi) is 4.02. The number of methoxy groups -OCH3 is 1. The first-order valence-corrected chi connectivity index (χ1v) is 6.24. The summed E-state index contributed by atoms with van der Waals surface area (Å²) in [5.74, 6) is 0. The molecule has 3 nitrogen and oxygen atoms in total. The Morgan fingerprint density at radius 1 is 1.44 bits per heavy atom. The van der Waals surface area contributed by atoms with Gasteiger partial charge < -0.3 is 15.0 Å². The van der Waals surface area contributed by atoms with E-state index in [2.05, 4.69) is 17.0 Å². The number of aromatic nitrogens is 1. The molecule has 2 rings (SSSR count). The monoisotopic (exact) mass is 222 g/mol. The molecule has 3 heteroatoms. The van der Waals surface area contributed by atoms with Crippen molar-refractivity contribution in [3.8, 4) is 0 Å². The average Bonchev–Trinajstić information content (AvgIpc) is 2.61. The SMILES string of the molecule is COCCCn1cc2c(c1)C(N)CCCC2. The summed E-state index contributed by atoms with van der Waals surface area (Å²) < 4.78 is 7.34. The number of ether oxygens (including phenoxy) is 1. The molecule has 16 heavy (non-hydrogen) atoms. The van der Waals surface area contributed by atoms with Gasteiger partial charge in [-0.25, -0.2) is 0 Å². The molecule has 1 aliphatic carbocycles. The number of aryl methyl sites for hydroxylation is 2. The topological polar surface area (TPSA) is 40.2 Å². The van der Waals surface area contributed by atoms with Crippen LogP contribution in [0.3, 0.4) is 0 Å². The van der Waals surface area contributed by atoms with Crippen LogP contribution in [0.25, 0.3) is 0 Å². The van der Waals surface area contributed by atoms with Gasteiger partial charge in [-0.3, -0.25) is 0 Å². The molecule has 1 aliphatic rings. The van der Waals surface area contributed by atoms with E-state index in [0.717, 1.165) is 26.0 Å². The van der Waals surface area contributed by atoms with Gasteiger partial charge in [0.05, 0.1) is 0 Å². The zero-order valence-corrected chi connectivity index (χ0v) is 10.1. The van der Waals surface area contributed by atoms with Gasteiger partial charge >= 0.3 is 0 Å². The van der Waals surface area contributed by atoms with Crippen LogP contribution in [0.2, 0.25) is 0 Å². The Hall–Kier alpha value is -0.800. The van der Waals surface area contributed by atoms with Crippen LogP contribution in [0, 0.1) is 0 Å². The van der Waals surface area contributed by atoms with Crippen molar-refractivity contribution in [2.75, 3.05) is 13.7 Å². The van der Waals surface area contributed by atoms with Crippen molar-refractivity contribution in [1.82, 2.24) is 4.57 Å². The van der Waals surface area contributed by atoms with Gasteiger partial charge in [0.25, 0.3) is 0 Å². The van der Waals surface area contributed by atoms with Crippen LogP contribution in [0.4, 0.5) is 0 Å². The minimum absolute atomic E-state index is 0.251. The first kappa shape index (κ1) is 11.7. The molecule has 1 heterocycles. The number of rotatable bonds is 4. The molecule has 0 aliphatic heterocycles. The van der Waals surface area contributed by atoms with Crippen LogP contribution >= 0.6 is 0 Å². The van der Waals surface area contributed by atoms with Crippen LogP contribution in [0.15, 0.2) is 12.4 Å². The summed E-state index contributed by atoms with van der Waals surface area (Å²) in [6.07, 6.45) is 10.5. The third kappa shape index (κ3) is 2.66. The van der Waals surface area contributed by atoms with Gasteiger partial charge in [0.1, 0.15) is 0 Å². The lowest BCUT2D eigenvalue weighted by Gasteiger charge is -2.07. The van der Waals surface area contributed by atoms with Crippen molar-refractivity contribution in [3.63, 3.8) is 0 Å². The molecular weight excluding hydrogens is 200 g/mol. The smallest absolute Gasteiger partial charge is 0.0479 e. The molecule has 2 N–H and O–H groups in total. The molecule has 1 aromatic heterocycles. The van der Waals surface area contributed by atoms with Crippen LogP contribution in [-0.4, -0.2) is 18.3 Å². The summed E-state index contributed by atoms with van der Waals surface area (Å²) in [4.78, 5) is 0. The van der Waals surface area contributed by atoms with Crippen molar-refractivity contribution in [1.29, 1.82) is 0 Å². The molecule has 0 aromatic carbocycles. The van der Waals surface area contributed by atoms with E-state index < -0.39 is 0 Å². The maximum atomic E-state index is 6.18. The molecule has 1 aromatic rings. The second-order valence-corrected chi connectivity index (χ2v) is 4.68. The van der Waals surface area contributed by atoms with Crippen molar-refractivity contribution >= 4 is 0 Å². The molecule has 1 unspecified atom stereocenters. The minimum Gasteiger partial charge on any atom is -0.385 e. The van der Waals surface area contributed by atoms with Crippen molar-refractivity contribution < 1.29 is 4.74 Å². The first-order valence-electron chi connectivity index (χ1n) is 6.24. The van der Waals surface area contributed by atoms with Crippen LogP contribution in [0.1, 0.15) is 42.9 Å². The first-order chi connectivity index (χ1) is 7.81. The molecule has 0 saturated heterocycles. The van der Waals surface area contributed by atoms with Gasteiger partial charge in [-0.15, -0.1) is 0 Å². The standard InChI is InChI=1S/C13H22N2O/c1-16-8-4-7-15-9-11-5-2-3-6-13(14)12(11)10-15/h9-10,13H,2-8,14H2,1H3. The highest BCUT2D eigenvalue weighted by Gasteiger charge is 2.16. The average molecular weight is 222 g/mol. The molecule has 90 valence electrons. The highest BCUT2D eigenvalue weighted by molar-refractivity contribution is 5.28. The largest absolute Gasteiger partial charge is 0.385 e. The maximum absolute atomic E-state index is 6.18. The van der Waals surface area contributed by atoms with E-state index in [0.29, 0.717) is 0 Å². The second kappa shape index (κ2) is 5.51. The minimum atomic E-state index is 0.251. The Morgan fingerprint density at radius 2 is 2.31 bits per heavy atom. The normalized spacial score (nSPS) is 20.5. The quantitative estimate of drug-likeness (QED) is 0.627. The summed E-state index contributed by atoms with van der Waals surface area (Å²) in [6, 6.07) is 0.251. The zero-order chi connectivity index (χ0) is 11.4. The fourth-order valence-electron chi connectivity index (χ4n) is 2.47. The number of nitrogens with zero attached hydrogens (tertiary/aromatic N) is 1. The van der Waals surface area contributed by atoms with Crippen molar-refractivity contribution in [2.45, 2.75) is 44.7 Å². The Balaban J connectivity index is 2.04. The number of nitrogens with two attached hydrogens (primary N) is 1. The fraction of sp³-hybridized carbons (Fsp3) is 0.692. The third-order valence-electron chi connectivity index (χ3n) is 3.37. The Morgan fingerprint density at radius 3 is 3.12 bits per heavy atom. The van der Waals surface area contributed by atoms with E-state index in [1.807, 2.05) is 0 Å². The van der Waals surface area contributed by atoms with E-state index in [4.69, 9.17) is 10.5 Å². The van der Waals surface area contributed by atoms with E-state index in [-0.39, 0.29) is 6.04 Å². The van der Waals surface area contributed by atoms with Crippen molar-refractivity contribution in [2.24, 2.45) is 5.73 Å². The third-order valence-corrected chi connectivity index (χ3v) is 3.37. The molecular formula is C13H22N2O.